The Morgan fingerprint density at radius 2 is 2.00 bits per heavy atom. The van der Waals surface area contributed by atoms with Crippen molar-refractivity contribution in [1.82, 2.24) is 0 Å². The van der Waals surface area contributed by atoms with Crippen LogP contribution < -0.4 is 9.88 Å². The van der Waals surface area contributed by atoms with Crippen LogP contribution in [0.25, 0.3) is 0 Å². The van der Waals surface area contributed by atoms with Gasteiger partial charge in [-0.25, -0.2) is 13.6 Å². The van der Waals surface area contributed by atoms with Crippen LogP contribution in [0.3, 0.4) is 0 Å². The lowest BCUT2D eigenvalue weighted by Gasteiger charge is -2.20. The summed E-state index contributed by atoms with van der Waals surface area (Å²) in [6.45, 7) is 6.28. The van der Waals surface area contributed by atoms with E-state index in [9.17, 15) is 8.42 Å². The van der Waals surface area contributed by atoms with Crippen LogP contribution in [0.2, 0.25) is 0 Å². The number of aryl methyl sites for hydroxylation is 1. The monoisotopic (exact) mass is 271 g/mol. The molecule has 4 nitrogen and oxygen atoms in total. The molecule has 18 heavy (non-hydrogen) atoms. The Morgan fingerprint density at radius 3 is 2.50 bits per heavy atom. The minimum absolute atomic E-state index is 0.0452. The molecule has 1 rings (SSSR count). The van der Waals surface area contributed by atoms with Gasteiger partial charge in [-0.05, 0) is 30.5 Å². The molecule has 5 heteroatoms. The van der Waals surface area contributed by atoms with Crippen molar-refractivity contribution in [3.63, 3.8) is 0 Å². The van der Waals surface area contributed by atoms with Crippen LogP contribution in [0.15, 0.2) is 24.3 Å². The molecule has 1 aromatic carbocycles. The van der Waals surface area contributed by atoms with Crippen molar-refractivity contribution < 1.29 is 13.2 Å². The molecule has 102 valence electrons. The second-order valence-corrected chi connectivity index (χ2v) is 6.62. The van der Waals surface area contributed by atoms with Crippen LogP contribution in [0.4, 0.5) is 0 Å². The summed E-state index contributed by atoms with van der Waals surface area (Å²) in [5, 5.41) is 5.08. The van der Waals surface area contributed by atoms with E-state index in [4.69, 9.17) is 9.88 Å². The maximum Gasteiger partial charge on any atom is 0.209 e. The standard InChI is InChI=1S/C13H21NO3S/c1-10(2)12(9-18(14,15)16)8-17-13-6-4-5-11(3)7-13/h4-7,10,12H,8-9H2,1-3H3,(H2,14,15,16). The first-order valence-electron chi connectivity index (χ1n) is 5.98. The predicted octanol–water partition coefficient (Wildman–Crippen LogP) is 1.93. The Labute approximate surface area is 109 Å². The number of rotatable bonds is 6. The van der Waals surface area contributed by atoms with E-state index in [1.54, 1.807) is 0 Å². The van der Waals surface area contributed by atoms with E-state index in [0.29, 0.717) is 6.61 Å². The van der Waals surface area contributed by atoms with Gasteiger partial charge < -0.3 is 4.74 Å². The highest BCUT2D eigenvalue weighted by molar-refractivity contribution is 7.89. The maximum absolute atomic E-state index is 11.1. The van der Waals surface area contributed by atoms with Gasteiger partial charge in [0, 0.05) is 5.92 Å². The Hall–Kier alpha value is -1.07. The summed E-state index contributed by atoms with van der Waals surface area (Å²) in [7, 11) is -3.46. The summed E-state index contributed by atoms with van der Waals surface area (Å²) in [6.07, 6.45) is 0. The lowest BCUT2D eigenvalue weighted by atomic mass is 9.99. The number of hydrogen-bond acceptors (Lipinski definition) is 3. The zero-order valence-corrected chi connectivity index (χ0v) is 11.9. The summed E-state index contributed by atoms with van der Waals surface area (Å²) in [5.41, 5.74) is 1.11. The molecule has 1 unspecified atom stereocenters. The van der Waals surface area contributed by atoms with E-state index in [-0.39, 0.29) is 17.6 Å². The van der Waals surface area contributed by atoms with Gasteiger partial charge >= 0.3 is 0 Å². The summed E-state index contributed by atoms with van der Waals surface area (Å²) in [5.74, 6) is 0.819. The Kier molecular flexibility index (Phi) is 5.16. The number of nitrogens with two attached hydrogens (primary N) is 1. The van der Waals surface area contributed by atoms with E-state index in [2.05, 4.69) is 0 Å². The van der Waals surface area contributed by atoms with E-state index in [1.807, 2.05) is 45.0 Å². The van der Waals surface area contributed by atoms with Crippen LogP contribution in [-0.4, -0.2) is 20.8 Å². The lowest BCUT2D eigenvalue weighted by molar-refractivity contribution is 0.224. The molecule has 1 atom stereocenters. The third-order valence-electron chi connectivity index (χ3n) is 2.84. The average Bonchev–Trinajstić information content (AvgIpc) is 2.22. The van der Waals surface area contributed by atoms with Crippen molar-refractivity contribution in [2.75, 3.05) is 12.4 Å². The van der Waals surface area contributed by atoms with Gasteiger partial charge in [0.05, 0.1) is 12.4 Å². The smallest absolute Gasteiger partial charge is 0.209 e. The average molecular weight is 271 g/mol. The van der Waals surface area contributed by atoms with E-state index in [0.717, 1.165) is 11.3 Å². The topological polar surface area (TPSA) is 69.4 Å². The molecule has 0 aliphatic rings. The molecule has 0 saturated heterocycles. The summed E-state index contributed by atoms with van der Waals surface area (Å²) in [4.78, 5) is 0. The largest absolute Gasteiger partial charge is 0.493 e. The zero-order chi connectivity index (χ0) is 13.8. The molecule has 0 saturated carbocycles. The normalized spacial score (nSPS) is 13.6. The van der Waals surface area contributed by atoms with Gasteiger partial charge in [-0.15, -0.1) is 0 Å². The molecular formula is C13H21NO3S. The summed E-state index contributed by atoms with van der Waals surface area (Å²) in [6, 6.07) is 7.68. The fourth-order valence-corrected chi connectivity index (χ4v) is 2.72. The first kappa shape index (κ1) is 15.0. The van der Waals surface area contributed by atoms with Crippen LogP contribution in [-0.2, 0) is 10.0 Å². The molecule has 2 N–H and O–H groups in total. The number of hydrogen-bond donors (Lipinski definition) is 1. The van der Waals surface area contributed by atoms with Gasteiger partial charge in [0.25, 0.3) is 0 Å². The third-order valence-corrected chi connectivity index (χ3v) is 3.74. The molecule has 0 radical (unpaired) electrons. The van der Waals surface area contributed by atoms with Gasteiger partial charge in [-0.1, -0.05) is 26.0 Å². The highest BCUT2D eigenvalue weighted by Gasteiger charge is 2.20. The Morgan fingerprint density at radius 1 is 1.33 bits per heavy atom. The molecular weight excluding hydrogens is 250 g/mol. The van der Waals surface area contributed by atoms with Crippen LogP contribution in [0.5, 0.6) is 5.75 Å². The Balaban J connectivity index is 2.63. The van der Waals surface area contributed by atoms with Crippen molar-refractivity contribution in [3.8, 4) is 5.75 Å². The van der Waals surface area contributed by atoms with Gasteiger partial charge in [0.1, 0.15) is 5.75 Å². The fourth-order valence-electron chi connectivity index (χ4n) is 1.64. The van der Waals surface area contributed by atoms with Gasteiger partial charge in [0.15, 0.2) is 0 Å². The van der Waals surface area contributed by atoms with Crippen molar-refractivity contribution in [2.45, 2.75) is 20.8 Å². The highest BCUT2D eigenvalue weighted by atomic mass is 32.2. The van der Waals surface area contributed by atoms with E-state index in [1.165, 1.54) is 0 Å². The van der Waals surface area contributed by atoms with Crippen molar-refractivity contribution in [1.29, 1.82) is 0 Å². The van der Waals surface area contributed by atoms with Gasteiger partial charge in [0.2, 0.25) is 10.0 Å². The quantitative estimate of drug-likeness (QED) is 0.859. The maximum atomic E-state index is 11.1. The summed E-state index contributed by atoms with van der Waals surface area (Å²) < 4.78 is 27.9. The molecule has 0 fully saturated rings. The number of sulfonamides is 1. The molecule has 0 aliphatic carbocycles. The fraction of sp³-hybridized carbons (Fsp3) is 0.538. The molecule has 1 aromatic rings. The minimum atomic E-state index is -3.46. The van der Waals surface area contributed by atoms with Crippen molar-refractivity contribution in [2.24, 2.45) is 17.0 Å². The van der Waals surface area contributed by atoms with Gasteiger partial charge in [-0.3, -0.25) is 0 Å². The molecule has 0 heterocycles. The van der Waals surface area contributed by atoms with Crippen molar-refractivity contribution >= 4 is 10.0 Å². The summed E-state index contributed by atoms with van der Waals surface area (Å²) >= 11 is 0. The van der Waals surface area contributed by atoms with Crippen LogP contribution in [0, 0.1) is 18.8 Å². The second kappa shape index (κ2) is 6.20. The zero-order valence-electron chi connectivity index (χ0n) is 11.1. The molecule has 0 amide bonds. The lowest BCUT2D eigenvalue weighted by Crippen LogP contribution is -2.30. The molecule has 0 bridgehead atoms. The SMILES string of the molecule is Cc1cccc(OCC(CS(N)(=O)=O)C(C)C)c1. The molecule has 0 aliphatic heterocycles. The highest BCUT2D eigenvalue weighted by Crippen LogP contribution is 2.17. The van der Waals surface area contributed by atoms with Gasteiger partial charge in [-0.2, -0.15) is 0 Å². The first-order valence-corrected chi connectivity index (χ1v) is 7.69. The molecule has 0 spiro atoms. The first-order chi connectivity index (χ1) is 8.28. The van der Waals surface area contributed by atoms with E-state index >= 15 is 0 Å². The Bertz CT molecular complexity index is 483. The number of benzene rings is 1. The number of ether oxygens (including phenoxy) is 1. The van der Waals surface area contributed by atoms with E-state index < -0.39 is 10.0 Å². The minimum Gasteiger partial charge on any atom is -0.493 e. The van der Waals surface area contributed by atoms with Crippen LogP contribution in [0.1, 0.15) is 19.4 Å². The number of primary sulfonamides is 1. The van der Waals surface area contributed by atoms with Crippen molar-refractivity contribution in [3.05, 3.63) is 29.8 Å². The van der Waals surface area contributed by atoms with Crippen LogP contribution >= 0.6 is 0 Å². The predicted molar refractivity (Wildman–Crippen MR) is 73.0 cm³/mol. The third kappa shape index (κ3) is 5.51. The molecule has 0 aromatic heterocycles. The second-order valence-electron chi connectivity index (χ2n) is 4.96.